The second-order valence-corrected chi connectivity index (χ2v) is 7.18. The largest absolute Gasteiger partial charge is 0.479 e. The molecule has 0 aliphatic carbocycles. The average Bonchev–Trinajstić information content (AvgIpc) is 3.39. The van der Waals surface area contributed by atoms with Crippen LogP contribution in [0.2, 0.25) is 0 Å². The van der Waals surface area contributed by atoms with Crippen LogP contribution in [0.3, 0.4) is 0 Å². The fraction of sp³-hybridized carbons (Fsp3) is 0.450. The van der Waals surface area contributed by atoms with Crippen molar-refractivity contribution in [1.82, 2.24) is 24.9 Å². The molecule has 10 nitrogen and oxygen atoms in total. The molecule has 30 heavy (non-hydrogen) atoms. The van der Waals surface area contributed by atoms with Gasteiger partial charge in [-0.2, -0.15) is 0 Å². The number of benzene rings is 1. The molecule has 0 bridgehead atoms. The Labute approximate surface area is 174 Å². The number of amides is 2. The summed E-state index contributed by atoms with van der Waals surface area (Å²) in [6, 6.07) is 5.15. The van der Waals surface area contributed by atoms with Gasteiger partial charge in [0, 0.05) is 58.1 Å². The molecule has 2 aromatic rings. The molecule has 1 aromatic heterocycles. The van der Waals surface area contributed by atoms with Gasteiger partial charge in [-0.15, -0.1) is 5.10 Å². The zero-order valence-corrected chi connectivity index (χ0v) is 17.1. The van der Waals surface area contributed by atoms with Gasteiger partial charge in [-0.1, -0.05) is 0 Å². The van der Waals surface area contributed by atoms with Crippen LogP contribution in [0.1, 0.15) is 20.7 Å². The fourth-order valence-corrected chi connectivity index (χ4v) is 3.58. The van der Waals surface area contributed by atoms with Gasteiger partial charge in [0.15, 0.2) is 11.5 Å². The Morgan fingerprint density at radius 1 is 1.17 bits per heavy atom. The van der Waals surface area contributed by atoms with Gasteiger partial charge in [-0.3, -0.25) is 19.2 Å². The third kappa shape index (κ3) is 4.18. The monoisotopic (exact) mass is 415 g/mol. The van der Waals surface area contributed by atoms with E-state index in [1.807, 2.05) is 0 Å². The quantitative estimate of drug-likeness (QED) is 0.727. The van der Waals surface area contributed by atoms with E-state index >= 15 is 0 Å². The third-order valence-corrected chi connectivity index (χ3v) is 5.23. The van der Waals surface area contributed by atoms with Gasteiger partial charge in [0.2, 0.25) is 12.7 Å². The minimum Gasteiger partial charge on any atom is -0.479 e. The summed E-state index contributed by atoms with van der Waals surface area (Å²) in [5.41, 5.74) is 1.02. The standard InChI is InChI=1S/C20H25N5O5/c1-23-12-15(19(22-23)28-2)20(27)25-9-7-24(8-10-25)6-5-21-18(26)14-3-4-16-17(11-14)30-13-29-16/h3-4,11-12H,5-10,13H2,1-2H3,(H,21,26). The number of carbonyl (C=O) groups excluding carboxylic acids is 2. The summed E-state index contributed by atoms with van der Waals surface area (Å²) in [4.78, 5) is 29.1. The number of nitrogens with zero attached hydrogens (tertiary/aromatic N) is 4. The van der Waals surface area contributed by atoms with E-state index in [-0.39, 0.29) is 18.6 Å². The van der Waals surface area contributed by atoms with Crippen LogP contribution in [0, 0.1) is 0 Å². The molecule has 160 valence electrons. The maximum Gasteiger partial charge on any atom is 0.261 e. The smallest absolute Gasteiger partial charge is 0.261 e. The van der Waals surface area contributed by atoms with E-state index in [1.54, 1.807) is 41.0 Å². The molecule has 0 unspecified atom stereocenters. The van der Waals surface area contributed by atoms with Crippen LogP contribution in [-0.2, 0) is 7.05 Å². The fourth-order valence-electron chi connectivity index (χ4n) is 3.58. The Bertz CT molecular complexity index is 936. The second-order valence-electron chi connectivity index (χ2n) is 7.18. The molecule has 2 amide bonds. The van der Waals surface area contributed by atoms with Crippen LogP contribution < -0.4 is 19.5 Å². The molecule has 0 atom stereocenters. The van der Waals surface area contributed by atoms with E-state index in [0.29, 0.717) is 54.7 Å². The number of hydrogen-bond acceptors (Lipinski definition) is 7. The van der Waals surface area contributed by atoms with E-state index < -0.39 is 0 Å². The van der Waals surface area contributed by atoms with Crippen LogP contribution in [0.4, 0.5) is 0 Å². The topological polar surface area (TPSA) is 98.2 Å². The molecule has 3 heterocycles. The summed E-state index contributed by atoms with van der Waals surface area (Å²) >= 11 is 0. The van der Waals surface area contributed by atoms with E-state index in [1.165, 1.54) is 7.11 Å². The number of methoxy groups -OCH3 is 1. The van der Waals surface area contributed by atoms with Gasteiger partial charge in [0.25, 0.3) is 11.8 Å². The third-order valence-electron chi connectivity index (χ3n) is 5.23. The van der Waals surface area contributed by atoms with Crippen LogP contribution in [0.5, 0.6) is 17.4 Å². The highest BCUT2D eigenvalue weighted by Crippen LogP contribution is 2.32. The van der Waals surface area contributed by atoms with Crippen molar-refractivity contribution in [2.45, 2.75) is 0 Å². The number of nitrogens with one attached hydrogen (secondary N) is 1. The average molecular weight is 415 g/mol. The highest BCUT2D eigenvalue weighted by Gasteiger charge is 2.26. The van der Waals surface area contributed by atoms with Crippen LogP contribution >= 0.6 is 0 Å². The van der Waals surface area contributed by atoms with Crippen molar-refractivity contribution < 1.29 is 23.8 Å². The first kappa shape index (κ1) is 20.0. The van der Waals surface area contributed by atoms with E-state index in [0.717, 1.165) is 13.1 Å². The summed E-state index contributed by atoms with van der Waals surface area (Å²) < 4.78 is 17.3. The number of carbonyl (C=O) groups is 2. The second kappa shape index (κ2) is 8.62. The molecule has 0 spiro atoms. The summed E-state index contributed by atoms with van der Waals surface area (Å²) in [5.74, 6) is 1.37. The van der Waals surface area contributed by atoms with Gasteiger partial charge in [0.05, 0.1) is 7.11 Å². The van der Waals surface area contributed by atoms with Gasteiger partial charge in [-0.25, -0.2) is 0 Å². The molecule has 0 radical (unpaired) electrons. The van der Waals surface area contributed by atoms with Crippen molar-refractivity contribution in [2.24, 2.45) is 7.05 Å². The molecule has 2 aliphatic heterocycles. The predicted molar refractivity (Wildman–Crippen MR) is 107 cm³/mol. The highest BCUT2D eigenvalue weighted by molar-refractivity contribution is 5.96. The molecule has 1 N–H and O–H groups in total. The molecule has 0 saturated carbocycles. The van der Waals surface area contributed by atoms with E-state index in [2.05, 4.69) is 15.3 Å². The van der Waals surface area contributed by atoms with E-state index in [4.69, 9.17) is 14.2 Å². The maximum absolute atomic E-state index is 12.7. The normalized spacial score (nSPS) is 15.9. The lowest BCUT2D eigenvalue weighted by Crippen LogP contribution is -2.50. The van der Waals surface area contributed by atoms with Gasteiger partial charge in [0.1, 0.15) is 5.56 Å². The van der Waals surface area contributed by atoms with Gasteiger partial charge in [-0.05, 0) is 18.2 Å². The maximum atomic E-state index is 12.7. The lowest BCUT2D eigenvalue weighted by Gasteiger charge is -2.34. The van der Waals surface area contributed by atoms with Gasteiger partial charge < -0.3 is 24.4 Å². The van der Waals surface area contributed by atoms with Gasteiger partial charge >= 0.3 is 0 Å². The number of aryl methyl sites for hydroxylation is 1. The lowest BCUT2D eigenvalue weighted by atomic mass is 10.2. The van der Waals surface area contributed by atoms with Crippen molar-refractivity contribution in [1.29, 1.82) is 0 Å². The summed E-state index contributed by atoms with van der Waals surface area (Å²) in [6.45, 7) is 4.15. The molecule has 1 fully saturated rings. The number of rotatable bonds is 6. The SMILES string of the molecule is COc1nn(C)cc1C(=O)N1CCN(CCNC(=O)c2ccc3c(c2)OCO3)CC1. The highest BCUT2D eigenvalue weighted by atomic mass is 16.7. The predicted octanol–water partition coefficient (Wildman–Crippen LogP) is 0.345. The Morgan fingerprint density at radius 2 is 1.93 bits per heavy atom. The number of piperazine rings is 1. The number of fused-ring (bicyclic) bond motifs is 1. The first-order valence-electron chi connectivity index (χ1n) is 9.82. The summed E-state index contributed by atoms with van der Waals surface area (Å²) in [7, 11) is 3.27. The lowest BCUT2D eigenvalue weighted by molar-refractivity contribution is 0.0634. The summed E-state index contributed by atoms with van der Waals surface area (Å²) in [6.07, 6.45) is 1.68. The number of aromatic nitrogens is 2. The zero-order chi connectivity index (χ0) is 21.1. The molecule has 1 aromatic carbocycles. The van der Waals surface area contributed by atoms with Crippen molar-refractivity contribution in [3.8, 4) is 17.4 Å². The molecule has 2 aliphatic rings. The minimum absolute atomic E-state index is 0.0734. The molecular weight excluding hydrogens is 390 g/mol. The molecule has 1 saturated heterocycles. The van der Waals surface area contributed by atoms with Crippen molar-refractivity contribution in [3.63, 3.8) is 0 Å². The molecule has 10 heteroatoms. The number of hydrogen-bond donors (Lipinski definition) is 1. The van der Waals surface area contributed by atoms with E-state index in [9.17, 15) is 9.59 Å². The summed E-state index contributed by atoms with van der Waals surface area (Å²) in [5, 5.41) is 7.07. The first-order chi connectivity index (χ1) is 14.5. The van der Waals surface area contributed by atoms with Crippen molar-refractivity contribution >= 4 is 11.8 Å². The van der Waals surface area contributed by atoms with Crippen LogP contribution in [-0.4, -0.2) is 84.6 Å². The molecular formula is C20H25N5O5. The van der Waals surface area contributed by atoms with Crippen molar-refractivity contribution in [3.05, 3.63) is 35.5 Å². The Kier molecular flexibility index (Phi) is 5.75. The van der Waals surface area contributed by atoms with Crippen LogP contribution in [0.15, 0.2) is 24.4 Å². The Balaban J connectivity index is 1.22. The Morgan fingerprint density at radius 3 is 2.70 bits per heavy atom. The minimum atomic E-state index is -0.147. The van der Waals surface area contributed by atoms with Crippen LogP contribution in [0.25, 0.3) is 0 Å². The Hall–Kier alpha value is -3.27. The molecule has 4 rings (SSSR count). The zero-order valence-electron chi connectivity index (χ0n) is 17.1. The first-order valence-corrected chi connectivity index (χ1v) is 9.82. The van der Waals surface area contributed by atoms with Crippen molar-refractivity contribution in [2.75, 3.05) is 53.2 Å². The number of ether oxygens (including phenoxy) is 3.